The molecule has 17 nitrogen and oxygen atoms in total. The maximum Gasteiger partial charge on any atom is 0.287 e. The number of likely N-dealkylation sites (tertiary alicyclic amines) is 1. The van der Waals surface area contributed by atoms with Gasteiger partial charge in [-0.15, -0.1) is 5.10 Å². The summed E-state index contributed by atoms with van der Waals surface area (Å²) < 4.78 is 37.2. The van der Waals surface area contributed by atoms with E-state index in [1.807, 2.05) is 0 Å². The van der Waals surface area contributed by atoms with Crippen molar-refractivity contribution in [3.63, 3.8) is 0 Å². The van der Waals surface area contributed by atoms with E-state index >= 15 is 0 Å². The van der Waals surface area contributed by atoms with Gasteiger partial charge in [-0.25, -0.2) is 13.1 Å². The molecule has 5 N–H and O–H groups in total. The average molecular weight is 774 g/mol. The lowest BCUT2D eigenvalue weighted by Crippen LogP contribution is -2.56. The molecule has 2 aliphatic heterocycles. The highest BCUT2D eigenvalue weighted by Gasteiger charge is 2.45. The van der Waals surface area contributed by atoms with Crippen LogP contribution in [-0.2, 0) is 44.1 Å². The van der Waals surface area contributed by atoms with Crippen LogP contribution in [0, 0.1) is 5.92 Å². The van der Waals surface area contributed by atoms with E-state index in [4.69, 9.17) is 15.2 Å². The van der Waals surface area contributed by atoms with Gasteiger partial charge in [0.1, 0.15) is 23.8 Å². The Morgan fingerprint density at radius 2 is 1.78 bits per heavy atom. The first-order valence-electron chi connectivity index (χ1n) is 18.4. The van der Waals surface area contributed by atoms with E-state index in [2.05, 4.69) is 20.9 Å². The first kappa shape index (κ1) is 40.9. The van der Waals surface area contributed by atoms with Gasteiger partial charge < -0.3 is 35.8 Å². The normalized spacial score (nSPS) is 23.1. The Hall–Kier alpha value is -4.26. The number of hydrogen-bond acceptors (Lipinski definition) is 12. The molecule has 296 valence electrons. The van der Waals surface area contributed by atoms with Crippen LogP contribution < -0.4 is 16.4 Å². The number of nitrogens with zero attached hydrogens (tertiary/aromatic N) is 4. The Labute approximate surface area is 314 Å². The van der Waals surface area contributed by atoms with Gasteiger partial charge in [0, 0.05) is 44.7 Å². The number of methoxy groups -OCH3 is 1. The molecule has 1 saturated carbocycles. The van der Waals surface area contributed by atoms with Gasteiger partial charge in [-0.1, -0.05) is 37.3 Å². The number of benzene rings is 1. The number of nitrogens with one attached hydrogen (secondary N) is 2. The lowest BCUT2D eigenvalue weighted by molar-refractivity contribution is -0.146. The summed E-state index contributed by atoms with van der Waals surface area (Å²) in [6.07, 6.45) is 5.97. The highest BCUT2D eigenvalue weighted by atomic mass is 32.2. The summed E-state index contributed by atoms with van der Waals surface area (Å²) in [4.78, 5) is 67.8. The van der Waals surface area contributed by atoms with Gasteiger partial charge in [-0.3, -0.25) is 24.0 Å². The van der Waals surface area contributed by atoms with Crippen LogP contribution in [0.15, 0.2) is 35.4 Å². The average Bonchev–Trinajstić information content (AvgIpc) is 3.82. The first-order chi connectivity index (χ1) is 25.6. The number of carbonyl (C=O) groups excluding carboxylic acids is 5. The third-order valence-electron chi connectivity index (χ3n) is 10.5. The maximum atomic E-state index is 14.7. The summed E-state index contributed by atoms with van der Waals surface area (Å²) in [5.41, 5.74) is 4.40. The molecule has 1 aromatic heterocycles. The largest absolute Gasteiger partial charge is 0.384 e. The van der Waals surface area contributed by atoms with Crippen molar-refractivity contribution < 1.29 is 47.0 Å². The Morgan fingerprint density at radius 1 is 1.07 bits per heavy atom. The fraction of sp³-hybridized carbons (Fsp3) is 0.639. The molecule has 1 aliphatic carbocycles. The van der Waals surface area contributed by atoms with Gasteiger partial charge in [0.15, 0.2) is 9.84 Å². The highest BCUT2D eigenvalue weighted by molar-refractivity contribution is 7.91. The fourth-order valence-electron chi connectivity index (χ4n) is 7.55. The van der Waals surface area contributed by atoms with Crippen LogP contribution in [0.5, 0.6) is 0 Å². The fourth-order valence-corrected chi connectivity index (χ4v) is 8.72. The van der Waals surface area contributed by atoms with Gasteiger partial charge in [-0.2, -0.15) is 0 Å². The number of aromatic nitrogens is 3. The molecule has 3 heterocycles. The first-order valence-corrected chi connectivity index (χ1v) is 20.1. The second kappa shape index (κ2) is 17.5. The number of nitrogens with two attached hydrogens (primary N) is 1. The molecule has 2 aromatic rings. The van der Waals surface area contributed by atoms with Crippen LogP contribution in [0.3, 0.4) is 0 Å². The lowest BCUT2D eigenvalue weighted by Gasteiger charge is -2.33. The zero-order chi connectivity index (χ0) is 39.2. The second-order valence-corrected chi connectivity index (χ2v) is 17.0. The van der Waals surface area contributed by atoms with E-state index in [1.54, 1.807) is 13.8 Å². The molecule has 3 fully saturated rings. The number of aliphatic hydroxyl groups is 1. The van der Waals surface area contributed by atoms with Crippen LogP contribution in [0.2, 0.25) is 0 Å². The predicted molar refractivity (Wildman–Crippen MR) is 192 cm³/mol. The molecule has 3 aliphatic rings. The van der Waals surface area contributed by atoms with Crippen molar-refractivity contribution in [3.05, 3.63) is 41.7 Å². The van der Waals surface area contributed by atoms with Crippen molar-refractivity contribution in [1.82, 2.24) is 30.5 Å². The monoisotopic (exact) mass is 773 g/mol. The number of rotatable bonds is 15. The van der Waals surface area contributed by atoms with Crippen LogP contribution in [-0.4, -0.2) is 120 Å². The van der Waals surface area contributed by atoms with Crippen molar-refractivity contribution in [2.24, 2.45) is 11.7 Å². The smallest absolute Gasteiger partial charge is 0.287 e. The third-order valence-corrected chi connectivity index (χ3v) is 12.2. The summed E-state index contributed by atoms with van der Waals surface area (Å²) in [6.45, 7) is 3.30. The van der Waals surface area contributed by atoms with Gasteiger partial charge in [0.05, 0.1) is 35.2 Å². The van der Waals surface area contributed by atoms with Crippen molar-refractivity contribution in [2.45, 2.75) is 112 Å². The van der Waals surface area contributed by atoms with E-state index in [-0.39, 0.29) is 54.7 Å². The molecule has 3 unspecified atom stereocenters. The van der Waals surface area contributed by atoms with Gasteiger partial charge in [0.25, 0.3) is 11.8 Å². The topological polar surface area (TPSA) is 242 Å². The van der Waals surface area contributed by atoms with E-state index in [0.717, 1.165) is 32.1 Å². The molecule has 5 rings (SSSR count). The number of Topliss-reactive ketones (excluding diaryl/α,β-unsaturated/α-hetero) is 1. The standard InChI is InChI=1S/C36H51N7O10S/c1-36(2,49)30-20-38-41-43(30)25-19-28(34(47)39-24-13-14-53-29(18-24)31(44)32(37)45)42(21-25)35(48)27(17-22-7-5-4-6-8-22)40-33(46)23-9-11-26(12-10-23)54(50,51)16-15-52-3/h9-12,20,22,24-25,27-29,49H,4-8,13-19,21H2,1-3H3,(H2,37,45)(H,39,47)(H,40,46)/t24?,25-,27?,28-,29?/m0/s1. The van der Waals surface area contributed by atoms with Crippen molar-refractivity contribution in [3.8, 4) is 0 Å². The molecule has 4 amide bonds. The molecule has 2 saturated heterocycles. The van der Waals surface area contributed by atoms with E-state index in [1.165, 1.54) is 47.2 Å². The summed E-state index contributed by atoms with van der Waals surface area (Å²) >= 11 is 0. The molecular formula is C36H51N7O10S. The van der Waals surface area contributed by atoms with Gasteiger partial charge in [-0.05, 0) is 56.9 Å². The van der Waals surface area contributed by atoms with E-state index in [0.29, 0.717) is 18.5 Å². The molecule has 0 bridgehead atoms. The maximum absolute atomic E-state index is 14.7. The molecule has 0 radical (unpaired) electrons. The summed E-state index contributed by atoms with van der Waals surface area (Å²) in [7, 11) is -2.22. The molecule has 54 heavy (non-hydrogen) atoms. The van der Waals surface area contributed by atoms with Crippen LogP contribution in [0.4, 0.5) is 0 Å². The second-order valence-electron chi connectivity index (χ2n) is 14.9. The number of amides is 4. The minimum atomic E-state index is -3.63. The zero-order valence-electron chi connectivity index (χ0n) is 30.9. The number of ether oxygens (including phenoxy) is 2. The van der Waals surface area contributed by atoms with Crippen molar-refractivity contribution in [1.29, 1.82) is 0 Å². The number of ketones is 1. The van der Waals surface area contributed by atoms with Gasteiger partial charge in [0.2, 0.25) is 17.6 Å². The van der Waals surface area contributed by atoms with Crippen LogP contribution in [0.25, 0.3) is 0 Å². The lowest BCUT2D eigenvalue weighted by atomic mass is 9.84. The minimum Gasteiger partial charge on any atom is -0.384 e. The number of sulfone groups is 1. The molecular weight excluding hydrogens is 723 g/mol. The van der Waals surface area contributed by atoms with Crippen LogP contribution >= 0.6 is 0 Å². The van der Waals surface area contributed by atoms with E-state index in [9.17, 15) is 37.5 Å². The quantitative estimate of drug-likeness (QED) is 0.182. The number of carbonyl (C=O) groups is 5. The summed E-state index contributed by atoms with van der Waals surface area (Å²) in [6, 6.07) is 2.32. The van der Waals surface area contributed by atoms with Crippen molar-refractivity contribution >= 4 is 39.2 Å². The van der Waals surface area contributed by atoms with Crippen molar-refractivity contribution in [2.75, 3.05) is 32.6 Å². The van der Waals surface area contributed by atoms with Gasteiger partial charge >= 0.3 is 0 Å². The summed E-state index contributed by atoms with van der Waals surface area (Å²) in [5.74, 6) is -3.64. The third kappa shape index (κ3) is 9.88. The molecule has 0 spiro atoms. The van der Waals surface area contributed by atoms with E-state index < -0.39 is 75.1 Å². The summed E-state index contributed by atoms with van der Waals surface area (Å²) in [5, 5.41) is 24.9. The Balaban J connectivity index is 1.41. The molecule has 18 heteroatoms. The molecule has 1 aromatic carbocycles. The Kier molecular flexibility index (Phi) is 13.2. The number of hydrogen-bond donors (Lipinski definition) is 4. The molecule has 5 atom stereocenters. The Morgan fingerprint density at radius 3 is 2.43 bits per heavy atom. The SMILES string of the molecule is COCCS(=O)(=O)c1ccc(C(=O)NC(CC2CCCCC2)C(=O)N2C[C@@H](n3nncc3C(C)(C)O)C[C@H]2C(=O)NC2CCOC(C(=O)C(N)=O)C2)cc1. The zero-order valence-corrected chi connectivity index (χ0v) is 31.8. The predicted octanol–water partition coefficient (Wildman–Crippen LogP) is 0.555. The van der Waals surface area contributed by atoms with Crippen LogP contribution in [0.1, 0.15) is 93.7 Å². The Bertz CT molecular complexity index is 1790. The minimum absolute atomic E-state index is 0.0188. The highest BCUT2D eigenvalue weighted by Crippen LogP contribution is 2.34. The number of primary amides is 1.